The predicted octanol–water partition coefficient (Wildman–Crippen LogP) is 2.38. The third-order valence-corrected chi connectivity index (χ3v) is 6.54. The van der Waals surface area contributed by atoms with Crippen LogP contribution in [0.2, 0.25) is 0 Å². The topological polar surface area (TPSA) is 73.2 Å². The summed E-state index contributed by atoms with van der Waals surface area (Å²) >= 11 is 0. The van der Waals surface area contributed by atoms with Gasteiger partial charge in [-0.2, -0.15) is 5.10 Å². The minimum Gasteiger partial charge on any atom is -0.381 e. The van der Waals surface area contributed by atoms with Crippen LogP contribution in [0.1, 0.15) is 44.9 Å². The van der Waals surface area contributed by atoms with Gasteiger partial charge in [-0.1, -0.05) is 19.3 Å². The molecule has 0 unspecified atom stereocenters. The van der Waals surface area contributed by atoms with Gasteiger partial charge in [-0.15, -0.1) is 0 Å². The van der Waals surface area contributed by atoms with E-state index in [-0.39, 0.29) is 5.25 Å². The van der Waals surface area contributed by atoms with Crippen molar-refractivity contribution in [3.63, 3.8) is 0 Å². The molecule has 1 N–H and O–H groups in total. The van der Waals surface area contributed by atoms with Crippen LogP contribution >= 0.6 is 0 Å². The Morgan fingerprint density at radius 2 is 1.91 bits per heavy atom. The number of nitrogens with one attached hydrogen (secondary N) is 1. The van der Waals surface area contributed by atoms with E-state index >= 15 is 0 Å². The Morgan fingerprint density at radius 3 is 2.64 bits per heavy atom. The Balaban J connectivity index is 1.58. The third kappa shape index (κ3) is 4.01. The molecule has 124 valence electrons. The minimum atomic E-state index is -3.28. The molecular weight excluding hydrogens is 302 g/mol. The van der Waals surface area contributed by atoms with Crippen LogP contribution in [0.15, 0.2) is 12.4 Å². The summed E-state index contributed by atoms with van der Waals surface area (Å²) in [6, 6.07) is 0. The molecule has 0 atom stereocenters. The van der Waals surface area contributed by atoms with Gasteiger partial charge in [0, 0.05) is 26.0 Å². The van der Waals surface area contributed by atoms with Crippen LogP contribution in [0.3, 0.4) is 0 Å². The zero-order chi connectivity index (χ0) is 15.4. The lowest BCUT2D eigenvalue weighted by molar-refractivity contribution is 0.0601. The van der Waals surface area contributed by atoms with Crippen molar-refractivity contribution in [2.45, 2.75) is 56.7 Å². The number of aromatic nitrogens is 2. The first-order valence-electron chi connectivity index (χ1n) is 8.25. The monoisotopic (exact) mass is 327 g/mol. The van der Waals surface area contributed by atoms with Crippen molar-refractivity contribution in [3.8, 4) is 0 Å². The highest BCUT2D eigenvalue weighted by molar-refractivity contribution is 7.93. The molecule has 1 saturated heterocycles. The Kier molecular flexibility index (Phi) is 5.03. The van der Waals surface area contributed by atoms with Gasteiger partial charge in [-0.3, -0.25) is 9.40 Å². The normalized spacial score (nSPS) is 21.8. The molecule has 6 nitrogen and oxygen atoms in total. The highest BCUT2D eigenvalue weighted by Gasteiger charge is 2.27. The van der Waals surface area contributed by atoms with Crippen LogP contribution in [0.5, 0.6) is 0 Å². The first kappa shape index (κ1) is 15.8. The summed E-state index contributed by atoms with van der Waals surface area (Å²) in [5.41, 5.74) is 0.581. The molecule has 2 heterocycles. The lowest BCUT2D eigenvalue weighted by Gasteiger charge is -2.22. The number of rotatable bonds is 5. The molecule has 2 aliphatic rings. The SMILES string of the molecule is O=S(=O)(Nc1cnn(CC2CCOCC2)c1)C1CCCCC1. The molecule has 0 bridgehead atoms. The van der Waals surface area contributed by atoms with Crippen molar-refractivity contribution < 1.29 is 13.2 Å². The standard InChI is InChI=1S/C15H25N3O3S/c19-22(20,15-4-2-1-3-5-15)17-14-10-16-18(12-14)11-13-6-8-21-9-7-13/h10,12-13,15,17H,1-9,11H2. The van der Waals surface area contributed by atoms with E-state index in [0.717, 1.165) is 64.7 Å². The minimum absolute atomic E-state index is 0.250. The fourth-order valence-corrected chi connectivity index (χ4v) is 4.89. The molecule has 22 heavy (non-hydrogen) atoms. The first-order chi connectivity index (χ1) is 10.6. The van der Waals surface area contributed by atoms with Gasteiger partial charge in [-0.25, -0.2) is 8.42 Å². The number of nitrogens with zero attached hydrogens (tertiary/aromatic N) is 2. The van der Waals surface area contributed by atoms with Crippen LogP contribution in [-0.2, 0) is 21.3 Å². The average Bonchev–Trinajstić information content (AvgIpc) is 2.95. The summed E-state index contributed by atoms with van der Waals surface area (Å²) in [5.74, 6) is 0.566. The van der Waals surface area contributed by atoms with Crippen molar-refractivity contribution in [1.82, 2.24) is 9.78 Å². The summed E-state index contributed by atoms with van der Waals surface area (Å²) < 4.78 is 34.7. The summed E-state index contributed by atoms with van der Waals surface area (Å²) in [6.45, 7) is 2.45. The highest BCUT2D eigenvalue weighted by atomic mass is 32.2. The zero-order valence-corrected chi connectivity index (χ0v) is 13.7. The zero-order valence-electron chi connectivity index (χ0n) is 12.9. The van der Waals surface area contributed by atoms with Gasteiger partial charge in [0.1, 0.15) is 0 Å². The highest BCUT2D eigenvalue weighted by Crippen LogP contribution is 2.25. The number of hydrogen-bond donors (Lipinski definition) is 1. The Hall–Kier alpha value is -1.08. The lowest BCUT2D eigenvalue weighted by Crippen LogP contribution is -2.29. The van der Waals surface area contributed by atoms with E-state index in [9.17, 15) is 8.42 Å². The van der Waals surface area contributed by atoms with E-state index in [4.69, 9.17) is 4.74 Å². The Labute approximate surface area is 132 Å². The number of anilines is 1. The molecule has 0 spiro atoms. The van der Waals surface area contributed by atoms with E-state index in [2.05, 4.69) is 9.82 Å². The van der Waals surface area contributed by atoms with Crippen molar-refractivity contribution in [2.75, 3.05) is 17.9 Å². The van der Waals surface area contributed by atoms with Crippen LogP contribution in [-0.4, -0.2) is 36.7 Å². The van der Waals surface area contributed by atoms with Crippen molar-refractivity contribution in [3.05, 3.63) is 12.4 Å². The quantitative estimate of drug-likeness (QED) is 0.901. The number of sulfonamides is 1. The van der Waals surface area contributed by atoms with Gasteiger partial charge in [0.15, 0.2) is 0 Å². The van der Waals surface area contributed by atoms with E-state index in [0.29, 0.717) is 11.6 Å². The second kappa shape index (κ2) is 7.00. The molecule has 3 rings (SSSR count). The number of ether oxygens (including phenoxy) is 1. The molecule has 1 saturated carbocycles. The van der Waals surface area contributed by atoms with E-state index < -0.39 is 10.0 Å². The molecule has 7 heteroatoms. The van der Waals surface area contributed by atoms with Crippen LogP contribution in [0.25, 0.3) is 0 Å². The fourth-order valence-electron chi connectivity index (χ4n) is 3.33. The van der Waals surface area contributed by atoms with E-state index in [1.807, 2.05) is 4.68 Å². The van der Waals surface area contributed by atoms with Gasteiger partial charge >= 0.3 is 0 Å². The van der Waals surface area contributed by atoms with Crippen molar-refractivity contribution in [2.24, 2.45) is 5.92 Å². The van der Waals surface area contributed by atoms with Crippen molar-refractivity contribution in [1.29, 1.82) is 0 Å². The van der Waals surface area contributed by atoms with Gasteiger partial charge in [0.05, 0.1) is 17.1 Å². The largest absolute Gasteiger partial charge is 0.381 e. The Morgan fingerprint density at radius 1 is 1.18 bits per heavy atom. The third-order valence-electron chi connectivity index (χ3n) is 4.67. The predicted molar refractivity (Wildman–Crippen MR) is 85.2 cm³/mol. The summed E-state index contributed by atoms with van der Waals surface area (Å²) in [4.78, 5) is 0. The molecule has 0 amide bonds. The number of hydrogen-bond acceptors (Lipinski definition) is 4. The molecule has 0 aromatic carbocycles. The van der Waals surface area contributed by atoms with Gasteiger partial charge in [0.2, 0.25) is 10.0 Å². The van der Waals surface area contributed by atoms with Crippen molar-refractivity contribution >= 4 is 15.7 Å². The van der Waals surface area contributed by atoms with Crippen LogP contribution < -0.4 is 4.72 Å². The summed E-state index contributed by atoms with van der Waals surface area (Å²) in [6.07, 6.45) is 10.2. The molecular formula is C15H25N3O3S. The average molecular weight is 327 g/mol. The van der Waals surface area contributed by atoms with Gasteiger partial charge in [-0.05, 0) is 31.6 Å². The Bertz CT molecular complexity index is 573. The molecule has 0 radical (unpaired) electrons. The second-order valence-corrected chi connectivity index (χ2v) is 8.37. The first-order valence-corrected chi connectivity index (χ1v) is 9.80. The summed E-state index contributed by atoms with van der Waals surface area (Å²) in [7, 11) is -3.28. The fraction of sp³-hybridized carbons (Fsp3) is 0.800. The van der Waals surface area contributed by atoms with Crippen LogP contribution in [0, 0.1) is 5.92 Å². The van der Waals surface area contributed by atoms with E-state index in [1.54, 1.807) is 12.4 Å². The second-order valence-electron chi connectivity index (χ2n) is 6.41. The van der Waals surface area contributed by atoms with Gasteiger partial charge < -0.3 is 4.74 Å². The molecule has 1 aliphatic heterocycles. The summed E-state index contributed by atoms with van der Waals surface area (Å²) in [5, 5.41) is 4.04. The maximum Gasteiger partial charge on any atom is 0.235 e. The maximum absolute atomic E-state index is 12.4. The smallest absolute Gasteiger partial charge is 0.235 e. The lowest BCUT2D eigenvalue weighted by atomic mass is 10.0. The van der Waals surface area contributed by atoms with Gasteiger partial charge in [0.25, 0.3) is 0 Å². The van der Waals surface area contributed by atoms with Crippen LogP contribution in [0.4, 0.5) is 5.69 Å². The maximum atomic E-state index is 12.4. The molecule has 1 aromatic rings. The molecule has 2 fully saturated rings. The molecule has 1 aliphatic carbocycles. The van der Waals surface area contributed by atoms with E-state index in [1.165, 1.54) is 0 Å². The molecule has 1 aromatic heterocycles.